The minimum absolute atomic E-state index is 0.0914. The maximum atomic E-state index is 12.4. The third kappa shape index (κ3) is 4.63. The fourth-order valence-corrected chi connectivity index (χ4v) is 2.72. The van der Waals surface area contributed by atoms with Crippen molar-refractivity contribution in [2.75, 3.05) is 20.2 Å². The lowest BCUT2D eigenvalue weighted by atomic mass is 10.2. The van der Waals surface area contributed by atoms with Crippen LogP contribution >= 0.6 is 0 Å². The zero-order chi connectivity index (χ0) is 19.2. The van der Waals surface area contributed by atoms with Gasteiger partial charge in [-0.3, -0.25) is 19.4 Å². The average Bonchev–Trinajstić information content (AvgIpc) is 2.70. The Hall–Kier alpha value is -3.35. The molecule has 2 aromatic carbocycles. The van der Waals surface area contributed by atoms with Crippen LogP contribution in [0.15, 0.2) is 54.6 Å². The van der Waals surface area contributed by atoms with Crippen LogP contribution in [0.2, 0.25) is 0 Å². The van der Waals surface area contributed by atoms with Gasteiger partial charge in [-0.05, 0) is 23.3 Å². The van der Waals surface area contributed by atoms with E-state index in [-0.39, 0.29) is 26.2 Å². The quantitative estimate of drug-likeness (QED) is 0.757. The third-order valence-electron chi connectivity index (χ3n) is 4.22. The van der Waals surface area contributed by atoms with Gasteiger partial charge in [0.2, 0.25) is 11.8 Å². The fraction of sp³-hybridized carbons (Fsp3) is 0.250. The molecular weight excluding hydrogens is 348 g/mol. The first-order valence-electron chi connectivity index (χ1n) is 8.48. The topological polar surface area (TPSA) is 76.2 Å². The molecule has 0 spiro atoms. The Bertz CT molecular complexity index is 802. The van der Waals surface area contributed by atoms with E-state index >= 15 is 0 Å². The van der Waals surface area contributed by atoms with E-state index in [0.29, 0.717) is 5.75 Å². The first kappa shape index (κ1) is 18.4. The summed E-state index contributed by atoms with van der Waals surface area (Å²) in [4.78, 5) is 39.1. The molecule has 27 heavy (non-hydrogen) atoms. The lowest BCUT2D eigenvalue weighted by Gasteiger charge is -2.32. The highest BCUT2D eigenvalue weighted by Gasteiger charge is 2.34. The maximum absolute atomic E-state index is 12.4. The van der Waals surface area contributed by atoms with Crippen molar-refractivity contribution in [3.63, 3.8) is 0 Å². The van der Waals surface area contributed by atoms with Gasteiger partial charge in [0, 0.05) is 0 Å². The normalized spacial score (nSPS) is 14.3. The molecule has 1 aliphatic heterocycles. The number of hydrogen-bond donors (Lipinski definition) is 0. The smallest absolute Gasteiger partial charge is 0.411 e. The molecule has 1 aliphatic rings. The van der Waals surface area contributed by atoms with E-state index in [1.165, 1.54) is 0 Å². The highest BCUT2D eigenvalue weighted by atomic mass is 16.6. The van der Waals surface area contributed by atoms with Gasteiger partial charge in [0.05, 0.1) is 13.7 Å². The Balaban J connectivity index is 1.56. The van der Waals surface area contributed by atoms with E-state index in [9.17, 15) is 14.4 Å². The zero-order valence-corrected chi connectivity index (χ0v) is 15.0. The second-order valence-electron chi connectivity index (χ2n) is 6.12. The molecule has 7 heteroatoms. The molecular formula is C20H20N2O5. The summed E-state index contributed by atoms with van der Waals surface area (Å²) < 4.78 is 10.3. The first-order valence-corrected chi connectivity index (χ1v) is 8.48. The summed E-state index contributed by atoms with van der Waals surface area (Å²) >= 11 is 0. The van der Waals surface area contributed by atoms with Gasteiger partial charge in [-0.1, -0.05) is 42.5 Å². The van der Waals surface area contributed by atoms with Crippen LogP contribution in [0.5, 0.6) is 5.75 Å². The molecule has 3 rings (SSSR count). The molecule has 0 N–H and O–H groups in total. The monoisotopic (exact) mass is 368 g/mol. The number of carbonyl (C=O) groups is 3. The molecule has 2 aromatic rings. The van der Waals surface area contributed by atoms with Crippen molar-refractivity contribution >= 4 is 17.9 Å². The Morgan fingerprint density at radius 2 is 1.56 bits per heavy atom. The minimum Gasteiger partial charge on any atom is -0.497 e. The predicted molar refractivity (Wildman–Crippen MR) is 96.8 cm³/mol. The van der Waals surface area contributed by atoms with Crippen LogP contribution < -0.4 is 4.74 Å². The molecule has 0 saturated carbocycles. The number of imide groups is 1. The summed E-state index contributed by atoms with van der Waals surface area (Å²) in [7, 11) is 1.57. The van der Waals surface area contributed by atoms with E-state index in [2.05, 4.69) is 0 Å². The molecule has 0 aliphatic carbocycles. The summed E-state index contributed by atoms with van der Waals surface area (Å²) in [6.45, 7) is -0.117. The second kappa shape index (κ2) is 8.35. The lowest BCUT2D eigenvalue weighted by Crippen LogP contribution is -2.55. The summed E-state index contributed by atoms with van der Waals surface area (Å²) in [6, 6.07) is 16.3. The molecule has 1 saturated heterocycles. The molecule has 1 fully saturated rings. The van der Waals surface area contributed by atoms with E-state index in [1.54, 1.807) is 31.4 Å². The third-order valence-corrected chi connectivity index (χ3v) is 4.22. The Kier molecular flexibility index (Phi) is 5.71. The van der Waals surface area contributed by atoms with Crippen LogP contribution in [0.1, 0.15) is 11.1 Å². The largest absolute Gasteiger partial charge is 0.497 e. The van der Waals surface area contributed by atoms with Crippen molar-refractivity contribution in [1.82, 2.24) is 9.80 Å². The highest BCUT2D eigenvalue weighted by Crippen LogP contribution is 2.16. The number of amides is 3. The van der Waals surface area contributed by atoms with E-state index in [0.717, 1.165) is 20.9 Å². The fourth-order valence-electron chi connectivity index (χ4n) is 2.72. The molecule has 0 unspecified atom stereocenters. The van der Waals surface area contributed by atoms with Gasteiger partial charge in [0.15, 0.2) is 0 Å². The summed E-state index contributed by atoms with van der Waals surface area (Å²) in [5, 5.41) is 0. The number of ether oxygens (including phenoxy) is 2. The van der Waals surface area contributed by atoms with Crippen LogP contribution in [0.3, 0.4) is 0 Å². The Labute approximate surface area is 157 Å². The van der Waals surface area contributed by atoms with E-state index in [1.807, 2.05) is 30.3 Å². The number of nitrogens with zero attached hydrogens (tertiary/aromatic N) is 2. The molecule has 7 nitrogen and oxygen atoms in total. The second-order valence-corrected chi connectivity index (χ2v) is 6.12. The molecule has 0 bridgehead atoms. The maximum Gasteiger partial charge on any atom is 0.411 e. The van der Waals surface area contributed by atoms with Gasteiger partial charge in [0.25, 0.3) is 0 Å². The van der Waals surface area contributed by atoms with Crippen molar-refractivity contribution in [1.29, 1.82) is 0 Å². The Morgan fingerprint density at radius 3 is 2.15 bits per heavy atom. The van der Waals surface area contributed by atoms with Gasteiger partial charge in [-0.25, -0.2) is 4.79 Å². The minimum atomic E-state index is -0.676. The number of hydrogen-bond acceptors (Lipinski definition) is 5. The van der Waals surface area contributed by atoms with Crippen molar-refractivity contribution in [2.24, 2.45) is 0 Å². The Morgan fingerprint density at radius 1 is 0.926 bits per heavy atom. The lowest BCUT2D eigenvalue weighted by molar-refractivity contribution is -0.151. The average molecular weight is 368 g/mol. The molecule has 0 atom stereocenters. The molecule has 140 valence electrons. The standard InChI is InChI=1S/C20H20N2O5/c1-26-17-9-7-15(8-10-17)11-22-18(23)12-21(13-19(22)24)20(25)27-14-16-5-3-2-4-6-16/h2-10H,11-14H2,1H3. The number of rotatable bonds is 5. The van der Waals surface area contributed by atoms with Gasteiger partial charge in [-0.2, -0.15) is 0 Å². The van der Waals surface area contributed by atoms with Crippen LogP contribution in [0.4, 0.5) is 4.79 Å². The van der Waals surface area contributed by atoms with Crippen molar-refractivity contribution in [2.45, 2.75) is 13.2 Å². The van der Waals surface area contributed by atoms with Crippen molar-refractivity contribution < 1.29 is 23.9 Å². The number of piperazine rings is 1. The van der Waals surface area contributed by atoms with Crippen LogP contribution in [-0.4, -0.2) is 47.9 Å². The number of methoxy groups -OCH3 is 1. The first-order chi connectivity index (χ1) is 13.1. The number of benzene rings is 2. The van der Waals surface area contributed by atoms with Crippen LogP contribution in [0.25, 0.3) is 0 Å². The molecule has 0 aromatic heterocycles. The van der Waals surface area contributed by atoms with E-state index in [4.69, 9.17) is 9.47 Å². The van der Waals surface area contributed by atoms with Crippen LogP contribution in [0, 0.1) is 0 Å². The van der Waals surface area contributed by atoms with Gasteiger partial charge < -0.3 is 9.47 Å². The summed E-state index contributed by atoms with van der Waals surface area (Å²) in [5.74, 6) is -0.167. The van der Waals surface area contributed by atoms with Gasteiger partial charge in [0.1, 0.15) is 25.4 Å². The summed E-state index contributed by atoms with van der Waals surface area (Å²) in [6.07, 6.45) is -0.676. The van der Waals surface area contributed by atoms with E-state index < -0.39 is 17.9 Å². The van der Waals surface area contributed by atoms with Gasteiger partial charge >= 0.3 is 6.09 Å². The van der Waals surface area contributed by atoms with Crippen molar-refractivity contribution in [3.8, 4) is 5.75 Å². The highest BCUT2D eigenvalue weighted by molar-refractivity contribution is 6.01. The molecule has 3 amide bonds. The molecule has 0 radical (unpaired) electrons. The number of carbonyl (C=O) groups excluding carboxylic acids is 3. The van der Waals surface area contributed by atoms with Gasteiger partial charge in [-0.15, -0.1) is 0 Å². The summed E-state index contributed by atoms with van der Waals surface area (Å²) in [5.41, 5.74) is 1.64. The predicted octanol–water partition coefficient (Wildman–Crippen LogP) is 2.20. The van der Waals surface area contributed by atoms with Crippen LogP contribution in [-0.2, 0) is 27.5 Å². The molecule has 1 heterocycles. The van der Waals surface area contributed by atoms with Crippen molar-refractivity contribution in [3.05, 3.63) is 65.7 Å². The zero-order valence-electron chi connectivity index (χ0n) is 15.0. The SMILES string of the molecule is COc1ccc(CN2C(=O)CN(C(=O)OCc3ccccc3)CC2=O)cc1.